The first kappa shape index (κ1) is 16.5. The third kappa shape index (κ3) is 4.34. The molecule has 1 saturated carbocycles. The fourth-order valence-electron chi connectivity index (χ4n) is 4.24. The summed E-state index contributed by atoms with van der Waals surface area (Å²) in [7, 11) is 0. The molecule has 1 aromatic carbocycles. The largest absolute Gasteiger partial charge is 0.207 e. The zero-order valence-corrected chi connectivity index (χ0v) is 14.3. The fraction of sp³-hybridized carbons (Fsp3) is 0.545. The van der Waals surface area contributed by atoms with E-state index < -0.39 is 0 Å². The third-order valence-electron chi connectivity index (χ3n) is 5.77. The van der Waals surface area contributed by atoms with Crippen LogP contribution in [0.3, 0.4) is 0 Å². The molecule has 1 aromatic rings. The van der Waals surface area contributed by atoms with Gasteiger partial charge in [-0.2, -0.15) is 0 Å². The Morgan fingerprint density at radius 2 is 1.78 bits per heavy atom. The van der Waals surface area contributed by atoms with Crippen LogP contribution in [0.1, 0.15) is 63.9 Å². The topological polar surface area (TPSA) is 0 Å². The van der Waals surface area contributed by atoms with Gasteiger partial charge in [-0.05, 0) is 60.3 Å². The normalized spacial score (nSPS) is 27.7. The quantitative estimate of drug-likeness (QED) is 0.562. The number of halogens is 1. The van der Waals surface area contributed by atoms with Gasteiger partial charge in [0.2, 0.25) is 0 Å². The highest BCUT2D eigenvalue weighted by molar-refractivity contribution is 5.74. The average Bonchev–Trinajstić information content (AvgIpc) is 2.61. The van der Waals surface area contributed by atoms with Gasteiger partial charge in [0.15, 0.2) is 0 Å². The van der Waals surface area contributed by atoms with Gasteiger partial charge in [-0.15, -0.1) is 0 Å². The van der Waals surface area contributed by atoms with E-state index >= 15 is 0 Å². The van der Waals surface area contributed by atoms with E-state index in [0.717, 1.165) is 23.8 Å². The molecular formula is C22H29F. The summed E-state index contributed by atoms with van der Waals surface area (Å²) < 4.78 is 13.0. The predicted molar refractivity (Wildman–Crippen MR) is 96.6 cm³/mol. The van der Waals surface area contributed by atoms with E-state index in [9.17, 15) is 4.39 Å². The molecule has 0 N–H and O–H groups in total. The number of unbranched alkanes of at least 4 members (excludes halogenated alkanes) is 1. The van der Waals surface area contributed by atoms with Crippen LogP contribution in [0, 0.1) is 23.6 Å². The molecule has 2 aliphatic carbocycles. The van der Waals surface area contributed by atoms with E-state index in [4.69, 9.17) is 0 Å². The minimum atomic E-state index is -0.160. The van der Waals surface area contributed by atoms with Gasteiger partial charge in [-0.25, -0.2) is 4.39 Å². The lowest BCUT2D eigenvalue weighted by atomic mass is 9.72. The number of hydrogen-bond donors (Lipinski definition) is 0. The van der Waals surface area contributed by atoms with Crippen molar-refractivity contribution < 1.29 is 4.39 Å². The molecule has 1 fully saturated rings. The molecule has 0 spiro atoms. The van der Waals surface area contributed by atoms with Crippen molar-refractivity contribution in [3.05, 3.63) is 53.9 Å². The summed E-state index contributed by atoms with van der Waals surface area (Å²) in [5.74, 6) is 2.41. The average molecular weight is 312 g/mol. The first-order chi connectivity index (χ1) is 11.3. The lowest BCUT2D eigenvalue weighted by Gasteiger charge is -2.33. The maximum atomic E-state index is 13.0. The highest BCUT2D eigenvalue weighted by Crippen LogP contribution is 2.39. The maximum Gasteiger partial charge on any atom is 0.123 e. The monoisotopic (exact) mass is 312 g/mol. The lowest BCUT2D eigenvalue weighted by molar-refractivity contribution is 0.219. The summed E-state index contributed by atoms with van der Waals surface area (Å²) >= 11 is 0. The molecule has 0 saturated heterocycles. The van der Waals surface area contributed by atoms with Gasteiger partial charge >= 0.3 is 0 Å². The Kier molecular flexibility index (Phi) is 5.70. The van der Waals surface area contributed by atoms with Crippen LogP contribution in [-0.2, 0) is 0 Å². The van der Waals surface area contributed by atoms with Crippen LogP contribution in [-0.4, -0.2) is 0 Å². The molecule has 0 nitrogen and oxygen atoms in total. The Morgan fingerprint density at radius 3 is 2.39 bits per heavy atom. The zero-order chi connectivity index (χ0) is 16.1. The van der Waals surface area contributed by atoms with Crippen LogP contribution in [0.25, 0.3) is 5.57 Å². The second-order valence-corrected chi connectivity index (χ2v) is 7.35. The summed E-state index contributed by atoms with van der Waals surface area (Å²) in [6.07, 6.45) is 18.0. The highest BCUT2D eigenvalue weighted by atomic mass is 19.1. The summed E-state index contributed by atoms with van der Waals surface area (Å²) in [5, 5.41) is 0. The Balaban J connectivity index is 1.51. The maximum absolute atomic E-state index is 13.0. The SMILES string of the molecule is CCCC[C@H]1CC[C@H](C2C=CC(c3ccc(F)cc3)=CC2)CC1. The van der Waals surface area contributed by atoms with Crippen molar-refractivity contribution in [3.8, 4) is 0 Å². The summed E-state index contributed by atoms with van der Waals surface area (Å²) in [5.41, 5.74) is 2.38. The van der Waals surface area contributed by atoms with E-state index in [2.05, 4.69) is 25.2 Å². The Morgan fingerprint density at radius 1 is 1.04 bits per heavy atom. The Hall–Kier alpha value is -1.37. The number of benzene rings is 1. The predicted octanol–water partition coefficient (Wildman–Crippen LogP) is 6.78. The molecule has 3 rings (SSSR count). The molecule has 124 valence electrons. The van der Waals surface area contributed by atoms with Gasteiger partial charge in [0, 0.05) is 0 Å². The fourth-order valence-corrected chi connectivity index (χ4v) is 4.24. The van der Waals surface area contributed by atoms with Crippen molar-refractivity contribution in [2.75, 3.05) is 0 Å². The second-order valence-electron chi connectivity index (χ2n) is 7.35. The Labute approximate surface area is 140 Å². The second kappa shape index (κ2) is 7.95. The highest BCUT2D eigenvalue weighted by Gasteiger charge is 2.26. The van der Waals surface area contributed by atoms with Gasteiger partial charge in [0.25, 0.3) is 0 Å². The van der Waals surface area contributed by atoms with Crippen LogP contribution in [0.5, 0.6) is 0 Å². The van der Waals surface area contributed by atoms with Crippen LogP contribution in [0.2, 0.25) is 0 Å². The minimum Gasteiger partial charge on any atom is -0.207 e. The molecule has 0 heterocycles. The first-order valence-electron chi connectivity index (χ1n) is 9.40. The van der Waals surface area contributed by atoms with Crippen molar-refractivity contribution in [1.82, 2.24) is 0 Å². The van der Waals surface area contributed by atoms with E-state index in [0.29, 0.717) is 5.92 Å². The van der Waals surface area contributed by atoms with Gasteiger partial charge in [0.1, 0.15) is 5.82 Å². The van der Waals surface area contributed by atoms with E-state index in [-0.39, 0.29) is 5.82 Å². The molecule has 0 aromatic heterocycles. The van der Waals surface area contributed by atoms with Gasteiger partial charge in [0.05, 0.1) is 0 Å². The van der Waals surface area contributed by atoms with Crippen molar-refractivity contribution in [2.24, 2.45) is 17.8 Å². The molecule has 2 aliphatic rings. The minimum absolute atomic E-state index is 0.160. The number of allylic oxidation sites excluding steroid dienone is 4. The third-order valence-corrected chi connectivity index (χ3v) is 5.77. The summed E-state index contributed by atoms with van der Waals surface area (Å²) in [6, 6.07) is 6.86. The van der Waals surface area contributed by atoms with Gasteiger partial charge < -0.3 is 0 Å². The van der Waals surface area contributed by atoms with Crippen molar-refractivity contribution in [3.63, 3.8) is 0 Å². The van der Waals surface area contributed by atoms with E-state index in [1.165, 1.54) is 50.5 Å². The molecular weight excluding hydrogens is 283 g/mol. The van der Waals surface area contributed by atoms with E-state index in [1.54, 1.807) is 12.1 Å². The molecule has 1 heteroatoms. The van der Waals surface area contributed by atoms with Gasteiger partial charge in [-0.1, -0.05) is 69.4 Å². The van der Waals surface area contributed by atoms with E-state index in [1.807, 2.05) is 12.1 Å². The number of hydrogen-bond acceptors (Lipinski definition) is 0. The standard InChI is InChI=1S/C22H29F/c1-2-3-4-17-5-7-18(8-6-17)19-9-11-20(12-10-19)21-13-15-22(23)16-14-21/h9,11-19H,2-8,10H2,1H3/t17-,18-,19?. The molecule has 1 unspecified atom stereocenters. The van der Waals surface area contributed by atoms with Crippen molar-refractivity contribution >= 4 is 5.57 Å². The number of rotatable bonds is 5. The van der Waals surface area contributed by atoms with Crippen LogP contribution < -0.4 is 0 Å². The molecule has 0 amide bonds. The van der Waals surface area contributed by atoms with Crippen molar-refractivity contribution in [1.29, 1.82) is 0 Å². The first-order valence-corrected chi connectivity index (χ1v) is 9.40. The van der Waals surface area contributed by atoms with Crippen molar-refractivity contribution in [2.45, 2.75) is 58.3 Å². The van der Waals surface area contributed by atoms with Gasteiger partial charge in [-0.3, -0.25) is 0 Å². The molecule has 0 aliphatic heterocycles. The molecule has 0 radical (unpaired) electrons. The summed E-state index contributed by atoms with van der Waals surface area (Å²) in [6.45, 7) is 2.30. The Bertz CT molecular complexity index is 544. The zero-order valence-electron chi connectivity index (χ0n) is 14.3. The lowest BCUT2D eigenvalue weighted by Crippen LogP contribution is -2.21. The molecule has 23 heavy (non-hydrogen) atoms. The molecule has 0 bridgehead atoms. The van der Waals surface area contributed by atoms with Crippen LogP contribution in [0.4, 0.5) is 4.39 Å². The van der Waals surface area contributed by atoms with Crippen LogP contribution >= 0.6 is 0 Å². The summed E-state index contributed by atoms with van der Waals surface area (Å²) in [4.78, 5) is 0. The smallest absolute Gasteiger partial charge is 0.123 e. The molecule has 1 atom stereocenters. The van der Waals surface area contributed by atoms with Crippen LogP contribution in [0.15, 0.2) is 42.5 Å².